The molecule has 2 heterocycles. The lowest BCUT2D eigenvalue weighted by molar-refractivity contribution is 0.0370. The number of amides is 2. The maximum atomic E-state index is 13.4. The number of hydrogen-bond donors (Lipinski definition) is 0. The Morgan fingerprint density at radius 3 is 1.91 bits per heavy atom. The molecule has 2 aliphatic heterocycles. The van der Waals surface area contributed by atoms with Crippen LogP contribution in [0.4, 0.5) is 0 Å². The fourth-order valence-corrected chi connectivity index (χ4v) is 6.56. The van der Waals surface area contributed by atoms with Gasteiger partial charge in [-0.1, -0.05) is 19.1 Å². The Kier molecular flexibility index (Phi) is 9.98. The van der Waals surface area contributed by atoms with Gasteiger partial charge in [0.15, 0.2) is 32.8 Å². The van der Waals surface area contributed by atoms with Crippen molar-refractivity contribution in [2.24, 2.45) is 0 Å². The van der Waals surface area contributed by atoms with E-state index in [1.165, 1.54) is 27.4 Å². The van der Waals surface area contributed by atoms with E-state index in [0.29, 0.717) is 42.1 Å². The lowest BCUT2D eigenvalue weighted by Gasteiger charge is -2.25. The van der Waals surface area contributed by atoms with Gasteiger partial charge in [-0.05, 0) is 79.6 Å². The molecule has 0 aliphatic carbocycles. The van der Waals surface area contributed by atoms with Crippen molar-refractivity contribution in [3.05, 3.63) is 70.8 Å². The van der Waals surface area contributed by atoms with E-state index in [0.717, 1.165) is 16.7 Å². The zero-order chi connectivity index (χ0) is 33.9. The first-order valence-corrected chi connectivity index (χ1v) is 17.0. The summed E-state index contributed by atoms with van der Waals surface area (Å²) in [6.45, 7) is 3.63. The molecule has 2 aliphatic rings. The van der Waals surface area contributed by atoms with Crippen LogP contribution in [0.15, 0.2) is 53.4 Å². The molecule has 248 valence electrons. The first kappa shape index (κ1) is 33.6. The van der Waals surface area contributed by atoms with Crippen molar-refractivity contribution in [1.29, 1.82) is 0 Å². The fourth-order valence-electron chi connectivity index (χ4n) is 5.72. The number of methoxy groups -OCH3 is 3. The van der Waals surface area contributed by atoms with E-state index in [1.54, 1.807) is 37.3 Å². The highest BCUT2D eigenvalue weighted by atomic mass is 32.2. The maximum absolute atomic E-state index is 13.4. The molecule has 3 aromatic rings. The Bertz CT molecular complexity index is 1800. The number of nitrogens with zero attached hydrogens (tertiary/aromatic N) is 1. The predicted octanol–water partition coefficient (Wildman–Crippen LogP) is 5.52. The van der Waals surface area contributed by atoms with Crippen molar-refractivity contribution in [3.8, 4) is 40.6 Å². The molecule has 2 amide bonds. The molecule has 0 spiro atoms. The van der Waals surface area contributed by atoms with Crippen LogP contribution in [-0.4, -0.2) is 65.6 Å². The van der Waals surface area contributed by atoms with E-state index < -0.39 is 34.0 Å². The van der Waals surface area contributed by atoms with Gasteiger partial charge in [0, 0.05) is 6.26 Å². The minimum atomic E-state index is -3.85. The number of benzene rings is 3. The van der Waals surface area contributed by atoms with Gasteiger partial charge in [0.25, 0.3) is 11.8 Å². The first-order chi connectivity index (χ1) is 22.6. The molecule has 12 heteroatoms. The lowest BCUT2D eigenvalue weighted by Crippen LogP contribution is -2.42. The van der Waals surface area contributed by atoms with Crippen LogP contribution in [-0.2, 0) is 14.6 Å². The first-order valence-electron chi connectivity index (χ1n) is 15.1. The zero-order valence-electron chi connectivity index (χ0n) is 27.1. The molecule has 3 atom stereocenters. The highest BCUT2D eigenvalue weighted by molar-refractivity contribution is 7.90. The minimum Gasteiger partial charge on any atom is -0.493 e. The molecule has 11 nitrogen and oxygen atoms in total. The molecule has 0 aromatic heterocycles. The van der Waals surface area contributed by atoms with Crippen LogP contribution in [0.3, 0.4) is 0 Å². The van der Waals surface area contributed by atoms with E-state index in [1.807, 2.05) is 19.1 Å². The van der Waals surface area contributed by atoms with Gasteiger partial charge in [0.1, 0.15) is 4.90 Å². The van der Waals surface area contributed by atoms with E-state index in [4.69, 9.17) is 28.4 Å². The van der Waals surface area contributed by atoms with Crippen molar-refractivity contribution < 1.29 is 46.4 Å². The Morgan fingerprint density at radius 2 is 1.43 bits per heavy atom. The second kappa shape index (κ2) is 13.9. The molecular formula is C35H37NO10S. The third-order valence-corrected chi connectivity index (χ3v) is 9.01. The highest BCUT2D eigenvalue weighted by Gasteiger charge is 2.41. The molecule has 0 bridgehead atoms. The molecule has 5 rings (SSSR count). The number of sulfone groups is 1. The summed E-state index contributed by atoms with van der Waals surface area (Å²) in [7, 11) is 0.746. The average Bonchev–Trinajstić information content (AvgIpc) is 3.65. The van der Waals surface area contributed by atoms with Crippen molar-refractivity contribution in [1.82, 2.24) is 4.90 Å². The Labute approximate surface area is 274 Å². The smallest absolute Gasteiger partial charge is 0.265 e. The lowest BCUT2D eigenvalue weighted by atomic mass is 10.0. The van der Waals surface area contributed by atoms with Crippen molar-refractivity contribution >= 4 is 21.7 Å². The van der Waals surface area contributed by atoms with Crippen LogP contribution in [0, 0.1) is 11.8 Å². The quantitative estimate of drug-likeness (QED) is 0.181. The Morgan fingerprint density at radius 1 is 0.872 bits per heavy atom. The van der Waals surface area contributed by atoms with Crippen LogP contribution < -0.4 is 23.7 Å². The van der Waals surface area contributed by atoms with Gasteiger partial charge in [-0.2, -0.15) is 0 Å². The largest absolute Gasteiger partial charge is 0.493 e. The van der Waals surface area contributed by atoms with Crippen LogP contribution >= 0.6 is 0 Å². The van der Waals surface area contributed by atoms with Crippen LogP contribution in [0.5, 0.6) is 28.7 Å². The van der Waals surface area contributed by atoms with E-state index in [2.05, 4.69) is 11.8 Å². The third-order valence-electron chi connectivity index (χ3n) is 7.91. The van der Waals surface area contributed by atoms with Gasteiger partial charge in [-0.3, -0.25) is 9.59 Å². The summed E-state index contributed by atoms with van der Waals surface area (Å²) < 4.78 is 61.6. The van der Waals surface area contributed by atoms with E-state index in [9.17, 15) is 18.0 Å². The maximum Gasteiger partial charge on any atom is 0.265 e. The number of carbonyl (C=O) groups excluding carboxylic acids is 2. The van der Waals surface area contributed by atoms with E-state index >= 15 is 0 Å². The summed E-state index contributed by atoms with van der Waals surface area (Å²) in [6.07, 6.45) is 0.566. The second-order valence-corrected chi connectivity index (χ2v) is 13.0. The predicted molar refractivity (Wildman–Crippen MR) is 172 cm³/mol. The Hall–Kier alpha value is -4.73. The molecular weight excluding hydrogens is 626 g/mol. The average molecular weight is 664 g/mol. The van der Waals surface area contributed by atoms with Gasteiger partial charge in [-0.25, -0.2) is 13.3 Å². The summed E-state index contributed by atoms with van der Waals surface area (Å²) >= 11 is 0. The second-order valence-electron chi connectivity index (χ2n) is 11.0. The zero-order valence-corrected chi connectivity index (χ0v) is 27.9. The summed E-state index contributed by atoms with van der Waals surface area (Å²) in [6, 6.07) is 13.3. The number of ether oxygens (including phenoxy) is 6. The van der Waals surface area contributed by atoms with Crippen LogP contribution in [0.1, 0.15) is 77.2 Å². The Balaban J connectivity index is 1.55. The number of carbonyl (C=O) groups is 2. The monoisotopic (exact) mass is 663 g/mol. The summed E-state index contributed by atoms with van der Waals surface area (Å²) in [5.41, 5.74) is 1.78. The molecule has 1 saturated heterocycles. The topological polar surface area (TPSA) is 127 Å². The highest BCUT2D eigenvalue weighted by Crippen LogP contribution is 2.48. The van der Waals surface area contributed by atoms with Gasteiger partial charge in [-0.15, -0.1) is 5.92 Å². The van der Waals surface area contributed by atoms with Gasteiger partial charge < -0.3 is 28.4 Å². The number of rotatable bonds is 12. The van der Waals surface area contributed by atoms with Crippen molar-refractivity contribution in [2.75, 3.05) is 34.2 Å². The molecule has 0 saturated carbocycles. The molecule has 1 fully saturated rings. The van der Waals surface area contributed by atoms with Crippen molar-refractivity contribution in [3.63, 3.8) is 0 Å². The molecule has 3 aromatic carbocycles. The van der Waals surface area contributed by atoms with Gasteiger partial charge in [0.2, 0.25) is 12.0 Å². The fraction of sp³-hybridized carbons (Fsp3) is 0.371. The SMILES string of the molecule is CC#CC(Oc1cc(C2CCC(c3cc(OC)c(OC)c(OC)c3)O2)cc(S(C)(=O)=O)c1OCCC)N1C(=O)c2ccccc2C1=O. The number of hydrogen-bond acceptors (Lipinski definition) is 10. The summed E-state index contributed by atoms with van der Waals surface area (Å²) in [4.78, 5) is 27.5. The van der Waals surface area contributed by atoms with Gasteiger partial charge >= 0.3 is 0 Å². The standard InChI is InChI=1S/C35H37NO10S/c1-7-11-31(36-34(37)23-12-9-10-13-24(23)35(36)38)46-29-19-22(20-30(47(6,39)40)33(29)44-16-8-2)26-15-14-25(45-26)21-17-27(41-3)32(43-5)28(18-21)42-4/h9-10,12-13,17-20,25-26,31H,8,14-16H2,1-6H3. The summed E-state index contributed by atoms with van der Waals surface area (Å²) in [5.74, 6) is 5.80. The minimum absolute atomic E-state index is 0.0144. The van der Waals surface area contributed by atoms with Crippen molar-refractivity contribution in [2.45, 2.75) is 56.4 Å². The molecule has 47 heavy (non-hydrogen) atoms. The summed E-state index contributed by atoms with van der Waals surface area (Å²) in [5, 5.41) is 0. The third kappa shape index (κ3) is 6.59. The van der Waals surface area contributed by atoms with Crippen LogP contribution in [0.25, 0.3) is 0 Å². The van der Waals surface area contributed by atoms with E-state index in [-0.39, 0.29) is 40.2 Å². The molecule has 0 N–H and O–H groups in total. The number of imide groups is 1. The molecule has 3 unspecified atom stereocenters. The molecule has 0 radical (unpaired) electrons. The van der Waals surface area contributed by atoms with Crippen LogP contribution in [0.2, 0.25) is 0 Å². The normalized spacial score (nSPS) is 17.9. The van der Waals surface area contributed by atoms with Gasteiger partial charge in [0.05, 0.1) is 51.3 Å². The number of fused-ring (bicyclic) bond motifs is 1.